The van der Waals surface area contributed by atoms with E-state index in [1.165, 1.54) is 19.3 Å². The molecule has 2 rings (SSSR count). The highest BCUT2D eigenvalue weighted by Gasteiger charge is 2.25. The van der Waals surface area contributed by atoms with E-state index < -0.39 is 0 Å². The van der Waals surface area contributed by atoms with E-state index in [1.54, 1.807) is 0 Å². The van der Waals surface area contributed by atoms with Crippen LogP contribution in [0.15, 0.2) is 0 Å². The van der Waals surface area contributed by atoms with E-state index >= 15 is 0 Å². The maximum Gasteiger partial charge on any atom is 0.137 e. The van der Waals surface area contributed by atoms with Gasteiger partial charge in [-0.3, -0.25) is 0 Å². The summed E-state index contributed by atoms with van der Waals surface area (Å²) in [5, 5.41) is 4.18. The Morgan fingerprint density at radius 2 is 1.70 bits per heavy atom. The van der Waals surface area contributed by atoms with Gasteiger partial charge in [-0.25, -0.2) is 9.97 Å². The quantitative estimate of drug-likeness (QED) is 0.814. The van der Waals surface area contributed by atoms with Gasteiger partial charge in [0, 0.05) is 17.5 Å². The van der Waals surface area contributed by atoms with Gasteiger partial charge in [-0.15, -0.1) is 0 Å². The molecule has 1 N–H and O–H groups in total. The van der Waals surface area contributed by atoms with Gasteiger partial charge in [-0.05, 0) is 38.0 Å². The van der Waals surface area contributed by atoms with Gasteiger partial charge < -0.3 is 5.32 Å². The summed E-state index contributed by atoms with van der Waals surface area (Å²) in [4.78, 5) is 9.04. The molecule has 1 saturated carbocycles. The molecule has 0 amide bonds. The summed E-state index contributed by atoms with van der Waals surface area (Å²) >= 11 is 6.25. The Balaban J connectivity index is 2.20. The minimum Gasteiger partial charge on any atom is -0.367 e. The van der Waals surface area contributed by atoms with Crippen LogP contribution in [-0.4, -0.2) is 16.0 Å². The van der Waals surface area contributed by atoms with Crippen LogP contribution in [0.1, 0.15) is 64.3 Å². The fourth-order valence-corrected chi connectivity index (χ4v) is 3.34. The lowest BCUT2D eigenvalue weighted by atomic mass is 9.80. The molecule has 2 atom stereocenters. The van der Waals surface area contributed by atoms with E-state index in [2.05, 4.69) is 43.0 Å². The molecule has 112 valence electrons. The number of nitrogens with zero attached hydrogens (tertiary/aromatic N) is 2. The Bertz CT molecular complexity index is 463. The first-order valence-electron chi connectivity index (χ1n) is 7.67. The molecule has 1 aliphatic carbocycles. The zero-order valence-corrected chi connectivity index (χ0v) is 14.0. The molecule has 20 heavy (non-hydrogen) atoms. The van der Waals surface area contributed by atoms with Crippen LogP contribution in [0.3, 0.4) is 0 Å². The van der Waals surface area contributed by atoms with Crippen molar-refractivity contribution in [1.29, 1.82) is 0 Å². The second kappa shape index (κ2) is 6.30. The monoisotopic (exact) mass is 295 g/mol. The molecule has 1 fully saturated rings. The lowest BCUT2D eigenvalue weighted by Crippen LogP contribution is -2.31. The standard InChI is InChI=1S/C16H26ClN3/c1-9(2)15-19-14(17)12(5)16(20-15)18-13-7-10(3)6-11(4)8-13/h9-11,13H,6-8H2,1-5H3,(H,18,19,20). The summed E-state index contributed by atoms with van der Waals surface area (Å²) < 4.78 is 0. The predicted octanol–water partition coefficient (Wildman–Crippen LogP) is 4.80. The molecular formula is C16H26ClN3. The normalized spacial score (nSPS) is 26.9. The molecule has 1 aromatic heterocycles. The van der Waals surface area contributed by atoms with E-state index in [0.717, 1.165) is 29.0 Å². The van der Waals surface area contributed by atoms with Gasteiger partial charge in [0.2, 0.25) is 0 Å². The highest BCUT2D eigenvalue weighted by Crippen LogP contribution is 2.31. The molecule has 0 bridgehead atoms. The average molecular weight is 296 g/mol. The Morgan fingerprint density at radius 1 is 1.10 bits per heavy atom. The molecule has 4 heteroatoms. The largest absolute Gasteiger partial charge is 0.367 e. The van der Waals surface area contributed by atoms with Gasteiger partial charge in [0.05, 0.1) is 0 Å². The minimum absolute atomic E-state index is 0.290. The molecule has 0 spiro atoms. The van der Waals surface area contributed by atoms with Crippen molar-refractivity contribution in [2.24, 2.45) is 11.8 Å². The fraction of sp³-hybridized carbons (Fsp3) is 0.750. The molecule has 1 aromatic rings. The van der Waals surface area contributed by atoms with Crippen molar-refractivity contribution in [1.82, 2.24) is 9.97 Å². The zero-order chi connectivity index (χ0) is 14.9. The zero-order valence-electron chi connectivity index (χ0n) is 13.2. The SMILES string of the molecule is Cc1c(Cl)nc(C(C)C)nc1NC1CC(C)CC(C)C1. The molecule has 0 aliphatic heterocycles. The number of hydrogen-bond donors (Lipinski definition) is 1. The van der Waals surface area contributed by atoms with Crippen LogP contribution < -0.4 is 5.32 Å². The van der Waals surface area contributed by atoms with Crippen LogP contribution >= 0.6 is 11.6 Å². The summed E-state index contributed by atoms with van der Waals surface area (Å²) in [7, 11) is 0. The number of hydrogen-bond acceptors (Lipinski definition) is 3. The van der Waals surface area contributed by atoms with Crippen LogP contribution in [0.5, 0.6) is 0 Å². The Kier molecular flexibility index (Phi) is 4.90. The maximum absolute atomic E-state index is 6.25. The van der Waals surface area contributed by atoms with Gasteiger partial charge in [0.25, 0.3) is 0 Å². The number of halogens is 1. The van der Waals surface area contributed by atoms with Crippen molar-refractivity contribution in [3.63, 3.8) is 0 Å². The van der Waals surface area contributed by atoms with Crippen LogP contribution in [0.4, 0.5) is 5.82 Å². The van der Waals surface area contributed by atoms with Gasteiger partial charge in [0.15, 0.2) is 0 Å². The van der Waals surface area contributed by atoms with Gasteiger partial charge in [-0.1, -0.05) is 39.3 Å². The lowest BCUT2D eigenvalue weighted by molar-refractivity contribution is 0.280. The van der Waals surface area contributed by atoms with Crippen molar-refractivity contribution in [2.45, 2.75) is 65.8 Å². The third-order valence-corrected chi connectivity index (χ3v) is 4.51. The topological polar surface area (TPSA) is 37.8 Å². The summed E-state index contributed by atoms with van der Waals surface area (Å²) in [6, 6.07) is 0.499. The van der Waals surface area contributed by atoms with Crippen molar-refractivity contribution in [2.75, 3.05) is 5.32 Å². The molecule has 0 radical (unpaired) electrons. The molecule has 0 saturated heterocycles. The van der Waals surface area contributed by atoms with Gasteiger partial charge in [0.1, 0.15) is 16.8 Å². The molecular weight excluding hydrogens is 270 g/mol. The summed E-state index contributed by atoms with van der Waals surface area (Å²) in [5.41, 5.74) is 0.960. The summed E-state index contributed by atoms with van der Waals surface area (Å²) in [6.45, 7) is 10.9. The van der Waals surface area contributed by atoms with Crippen molar-refractivity contribution >= 4 is 17.4 Å². The van der Waals surface area contributed by atoms with E-state index in [1.807, 2.05) is 6.92 Å². The van der Waals surface area contributed by atoms with Crippen molar-refractivity contribution < 1.29 is 0 Å². The number of aromatic nitrogens is 2. The average Bonchev–Trinajstić information content (AvgIpc) is 2.33. The molecule has 3 nitrogen and oxygen atoms in total. The Morgan fingerprint density at radius 3 is 2.25 bits per heavy atom. The second-order valence-corrected chi connectivity index (χ2v) is 7.12. The molecule has 0 aromatic carbocycles. The highest BCUT2D eigenvalue weighted by atomic mass is 35.5. The first-order chi connectivity index (χ1) is 9.36. The van der Waals surface area contributed by atoms with E-state index in [0.29, 0.717) is 11.2 Å². The lowest BCUT2D eigenvalue weighted by Gasteiger charge is -2.32. The minimum atomic E-state index is 0.290. The van der Waals surface area contributed by atoms with E-state index in [9.17, 15) is 0 Å². The Hall–Kier alpha value is -0.830. The predicted molar refractivity (Wildman–Crippen MR) is 85.5 cm³/mol. The highest BCUT2D eigenvalue weighted by molar-refractivity contribution is 6.30. The summed E-state index contributed by atoms with van der Waals surface area (Å²) in [6.07, 6.45) is 3.75. The van der Waals surface area contributed by atoms with Crippen molar-refractivity contribution in [3.8, 4) is 0 Å². The number of rotatable bonds is 3. The molecule has 1 heterocycles. The van der Waals surface area contributed by atoms with Crippen LogP contribution in [0.25, 0.3) is 0 Å². The van der Waals surface area contributed by atoms with E-state index in [4.69, 9.17) is 11.6 Å². The van der Waals surface area contributed by atoms with Gasteiger partial charge >= 0.3 is 0 Å². The van der Waals surface area contributed by atoms with Crippen LogP contribution in [0.2, 0.25) is 5.15 Å². The van der Waals surface area contributed by atoms with Crippen molar-refractivity contribution in [3.05, 3.63) is 16.5 Å². The van der Waals surface area contributed by atoms with Gasteiger partial charge in [-0.2, -0.15) is 0 Å². The molecule has 2 unspecified atom stereocenters. The summed E-state index contributed by atoms with van der Waals surface area (Å²) in [5.74, 6) is 3.58. The third kappa shape index (κ3) is 3.63. The maximum atomic E-state index is 6.25. The first-order valence-corrected chi connectivity index (χ1v) is 8.05. The number of nitrogens with one attached hydrogen (secondary N) is 1. The molecule has 1 aliphatic rings. The first kappa shape index (κ1) is 15.6. The second-order valence-electron chi connectivity index (χ2n) is 6.76. The number of anilines is 1. The smallest absolute Gasteiger partial charge is 0.137 e. The fourth-order valence-electron chi connectivity index (χ4n) is 3.16. The Labute approximate surface area is 127 Å². The van der Waals surface area contributed by atoms with Crippen LogP contribution in [-0.2, 0) is 0 Å². The third-order valence-electron chi connectivity index (χ3n) is 4.14. The van der Waals surface area contributed by atoms with Crippen LogP contribution in [0, 0.1) is 18.8 Å². The van der Waals surface area contributed by atoms with E-state index in [-0.39, 0.29) is 5.92 Å².